The van der Waals surface area contributed by atoms with Crippen LogP contribution in [0.2, 0.25) is 0 Å². The van der Waals surface area contributed by atoms with Gasteiger partial charge in [0.1, 0.15) is 23.7 Å². The zero-order valence-electron chi connectivity index (χ0n) is 15.9. The van der Waals surface area contributed by atoms with Crippen LogP contribution < -0.4 is 20.9 Å². The number of nitrogens with one attached hydrogen (secondary N) is 3. The van der Waals surface area contributed by atoms with Crippen molar-refractivity contribution in [2.24, 2.45) is 13.0 Å². The van der Waals surface area contributed by atoms with E-state index in [0.29, 0.717) is 11.7 Å². The Bertz CT molecular complexity index is 794. The first-order valence-corrected chi connectivity index (χ1v) is 9.91. The number of amides is 1. The minimum absolute atomic E-state index is 0.0165. The third-order valence-electron chi connectivity index (χ3n) is 4.92. The Kier molecular flexibility index (Phi) is 6.18. The van der Waals surface area contributed by atoms with E-state index < -0.39 is 12.1 Å². The van der Waals surface area contributed by atoms with E-state index in [9.17, 15) is 4.79 Å². The third-order valence-corrected chi connectivity index (χ3v) is 6.02. The molecule has 0 saturated carbocycles. The normalized spacial score (nSPS) is 23.4. The minimum atomic E-state index is -0.423. The fraction of sp³-hybridized carbons (Fsp3) is 0.474. The summed E-state index contributed by atoms with van der Waals surface area (Å²) in [6, 6.07) is 7.01. The Labute approximate surface area is 168 Å². The van der Waals surface area contributed by atoms with Crippen molar-refractivity contribution in [1.82, 2.24) is 25.7 Å². The monoisotopic (exact) mass is 435 g/mol. The van der Waals surface area contributed by atoms with Gasteiger partial charge in [0, 0.05) is 31.0 Å². The number of benzene rings is 1. The minimum Gasteiger partial charge on any atom is -0.496 e. The molecule has 0 spiro atoms. The summed E-state index contributed by atoms with van der Waals surface area (Å²) in [5.41, 5.74) is 7.19. The van der Waals surface area contributed by atoms with Gasteiger partial charge in [0.25, 0.3) is 0 Å². The number of hydrogen-bond acceptors (Lipinski definition) is 5. The fourth-order valence-corrected chi connectivity index (χ4v) is 4.49. The molecule has 146 valence electrons. The molecule has 1 aliphatic heterocycles. The number of rotatable bonds is 6. The van der Waals surface area contributed by atoms with E-state index in [-0.39, 0.29) is 16.8 Å². The van der Waals surface area contributed by atoms with Crippen LogP contribution in [0, 0.1) is 5.92 Å². The van der Waals surface area contributed by atoms with Crippen molar-refractivity contribution >= 4 is 21.8 Å². The van der Waals surface area contributed by atoms with Crippen LogP contribution in [0.1, 0.15) is 31.3 Å². The predicted octanol–water partition coefficient (Wildman–Crippen LogP) is 1.90. The average Bonchev–Trinajstić information content (AvgIpc) is 3.25. The van der Waals surface area contributed by atoms with Gasteiger partial charge in [-0.2, -0.15) is 0 Å². The second-order valence-electron chi connectivity index (χ2n) is 7.06. The maximum atomic E-state index is 13.1. The summed E-state index contributed by atoms with van der Waals surface area (Å²) in [5.74, 6) is 1.73. The van der Waals surface area contributed by atoms with E-state index in [4.69, 9.17) is 4.74 Å². The number of carbonyl (C=O) groups excluding carboxylic acids is 1. The van der Waals surface area contributed by atoms with Crippen molar-refractivity contribution in [1.29, 1.82) is 0 Å². The molecule has 2 aromatic rings. The van der Waals surface area contributed by atoms with Crippen molar-refractivity contribution in [2.75, 3.05) is 7.11 Å². The first kappa shape index (κ1) is 19.9. The number of alkyl halides is 1. The number of nitrogens with zero attached hydrogens (tertiary/aromatic N) is 2. The Morgan fingerprint density at radius 3 is 2.67 bits per heavy atom. The lowest BCUT2D eigenvalue weighted by atomic mass is 9.98. The standard InChI is InChI=1S/C19H26BrN5O2/c1-11(2)15-14(20)17(24-23-15)19(26)22-16(18-21-9-10-25(18)3)12-7-5-6-8-13(12)27-4/h5-11,14-17,23-24H,1-4H3,(H,22,26). The summed E-state index contributed by atoms with van der Waals surface area (Å²) in [5, 5.41) is 3.15. The van der Waals surface area contributed by atoms with Crippen molar-refractivity contribution in [3.05, 3.63) is 48.0 Å². The maximum Gasteiger partial charge on any atom is 0.240 e. The molecule has 27 heavy (non-hydrogen) atoms. The van der Waals surface area contributed by atoms with Crippen LogP contribution in [-0.2, 0) is 11.8 Å². The van der Waals surface area contributed by atoms with Crippen LogP contribution in [0.3, 0.4) is 0 Å². The van der Waals surface area contributed by atoms with Crippen LogP contribution in [0.15, 0.2) is 36.7 Å². The zero-order chi connectivity index (χ0) is 19.6. The number of para-hydroxylation sites is 1. The highest BCUT2D eigenvalue weighted by atomic mass is 79.9. The van der Waals surface area contributed by atoms with Crippen molar-refractivity contribution in [2.45, 2.75) is 36.8 Å². The Balaban J connectivity index is 1.89. The van der Waals surface area contributed by atoms with E-state index in [2.05, 4.69) is 50.9 Å². The largest absolute Gasteiger partial charge is 0.496 e. The molecule has 1 fully saturated rings. The SMILES string of the molecule is COc1ccccc1C(NC(=O)C1NNC(C(C)C)C1Br)c1nccn1C. The van der Waals surface area contributed by atoms with Gasteiger partial charge < -0.3 is 14.6 Å². The van der Waals surface area contributed by atoms with Crippen LogP contribution in [-0.4, -0.2) is 39.5 Å². The lowest BCUT2D eigenvalue weighted by Crippen LogP contribution is -2.47. The summed E-state index contributed by atoms with van der Waals surface area (Å²) in [6.07, 6.45) is 3.59. The molecule has 1 saturated heterocycles. The van der Waals surface area contributed by atoms with Gasteiger partial charge in [-0.3, -0.25) is 10.2 Å². The summed E-state index contributed by atoms with van der Waals surface area (Å²) in [6.45, 7) is 4.25. The molecule has 1 aromatic heterocycles. The van der Waals surface area contributed by atoms with Gasteiger partial charge in [-0.05, 0) is 12.0 Å². The highest BCUT2D eigenvalue weighted by Crippen LogP contribution is 2.30. The highest BCUT2D eigenvalue weighted by Gasteiger charge is 2.40. The number of halogens is 1. The van der Waals surface area contributed by atoms with Gasteiger partial charge >= 0.3 is 0 Å². The molecule has 4 unspecified atom stereocenters. The summed E-state index contributed by atoms with van der Waals surface area (Å²) >= 11 is 3.68. The lowest BCUT2D eigenvalue weighted by Gasteiger charge is -2.24. The van der Waals surface area contributed by atoms with Gasteiger partial charge in [-0.25, -0.2) is 10.4 Å². The molecule has 2 heterocycles. The van der Waals surface area contributed by atoms with Crippen molar-refractivity contribution in [3.8, 4) is 5.75 Å². The first-order chi connectivity index (χ1) is 12.9. The van der Waals surface area contributed by atoms with Gasteiger partial charge in [-0.15, -0.1) is 0 Å². The molecule has 1 aliphatic rings. The number of carbonyl (C=O) groups is 1. The molecule has 3 N–H and O–H groups in total. The molecular formula is C19H26BrN5O2. The molecule has 0 aliphatic carbocycles. The van der Waals surface area contributed by atoms with Crippen LogP contribution in [0.25, 0.3) is 0 Å². The Morgan fingerprint density at radius 1 is 1.33 bits per heavy atom. The maximum absolute atomic E-state index is 13.1. The zero-order valence-corrected chi connectivity index (χ0v) is 17.5. The van der Waals surface area contributed by atoms with Crippen molar-refractivity contribution in [3.63, 3.8) is 0 Å². The predicted molar refractivity (Wildman–Crippen MR) is 108 cm³/mol. The number of aryl methyl sites for hydroxylation is 1. The molecule has 7 nitrogen and oxygen atoms in total. The van der Waals surface area contributed by atoms with Gasteiger partial charge in [0.15, 0.2) is 0 Å². The van der Waals surface area contributed by atoms with Crippen LogP contribution >= 0.6 is 15.9 Å². The highest BCUT2D eigenvalue weighted by molar-refractivity contribution is 9.09. The summed E-state index contributed by atoms with van der Waals surface area (Å²) in [4.78, 5) is 17.5. The number of ether oxygens (including phenoxy) is 1. The molecule has 8 heteroatoms. The van der Waals surface area contributed by atoms with Gasteiger partial charge in [-0.1, -0.05) is 48.0 Å². The number of hydrogen-bond donors (Lipinski definition) is 3. The molecule has 1 aromatic carbocycles. The van der Waals surface area contributed by atoms with Crippen molar-refractivity contribution < 1.29 is 9.53 Å². The average molecular weight is 436 g/mol. The van der Waals surface area contributed by atoms with Gasteiger partial charge in [0.2, 0.25) is 5.91 Å². The smallest absolute Gasteiger partial charge is 0.240 e. The number of methoxy groups -OCH3 is 1. The van der Waals surface area contributed by atoms with E-state index in [0.717, 1.165) is 11.4 Å². The fourth-order valence-electron chi connectivity index (χ4n) is 3.37. The van der Waals surface area contributed by atoms with Crippen LogP contribution in [0.4, 0.5) is 0 Å². The second-order valence-corrected chi connectivity index (χ2v) is 8.12. The molecule has 3 rings (SSSR count). The Morgan fingerprint density at radius 2 is 2.07 bits per heavy atom. The molecular weight excluding hydrogens is 410 g/mol. The quantitative estimate of drug-likeness (QED) is 0.603. The van der Waals surface area contributed by atoms with E-state index in [1.54, 1.807) is 13.3 Å². The Hall–Kier alpha value is -1.90. The lowest BCUT2D eigenvalue weighted by molar-refractivity contribution is -0.123. The number of aromatic nitrogens is 2. The third kappa shape index (κ3) is 4.02. The molecule has 0 radical (unpaired) electrons. The topological polar surface area (TPSA) is 80.2 Å². The molecule has 1 amide bonds. The van der Waals surface area contributed by atoms with E-state index in [1.165, 1.54) is 0 Å². The summed E-state index contributed by atoms with van der Waals surface area (Å²) in [7, 11) is 3.54. The first-order valence-electron chi connectivity index (χ1n) is 8.99. The number of hydrazine groups is 1. The second kappa shape index (κ2) is 8.41. The van der Waals surface area contributed by atoms with E-state index >= 15 is 0 Å². The van der Waals surface area contributed by atoms with Gasteiger partial charge in [0.05, 0.1) is 11.9 Å². The van der Waals surface area contributed by atoms with E-state index in [1.807, 2.05) is 42.1 Å². The van der Waals surface area contributed by atoms with Crippen LogP contribution in [0.5, 0.6) is 5.75 Å². The number of imidazole rings is 1. The summed E-state index contributed by atoms with van der Waals surface area (Å²) < 4.78 is 7.42. The molecule has 0 bridgehead atoms. The molecule has 4 atom stereocenters.